The molecule has 1 aromatic heterocycles. The van der Waals surface area contributed by atoms with E-state index in [-0.39, 0.29) is 35.1 Å². The van der Waals surface area contributed by atoms with Crippen molar-refractivity contribution in [3.63, 3.8) is 0 Å². The van der Waals surface area contributed by atoms with E-state index < -0.39 is 40.6 Å². The molecule has 4 rings (SSSR count). The normalized spacial score (nSPS) is 16.0. The number of carboxylic acids is 1. The van der Waals surface area contributed by atoms with E-state index in [2.05, 4.69) is 25.3 Å². The van der Waals surface area contributed by atoms with E-state index in [0.29, 0.717) is 29.1 Å². The summed E-state index contributed by atoms with van der Waals surface area (Å²) in [4.78, 5) is 33.6. The van der Waals surface area contributed by atoms with E-state index in [0.717, 1.165) is 5.56 Å². The highest BCUT2D eigenvalue weighted by Crippen LogP contribution is 2.21. The Morgan fingerprint density at radius 3 is 2.60 bits per heavy atom. The van der Waals surface area contributed by atoms with Gasteiger partial charge in [-0.1, -0.05) is 46.7 Å². The molecule has 222 valence electrons. The molecule has 42 heavy (non-hydrogen) atoms. The van der Waals surface area contributed by atoms with Crippen LogP contribution in [0.15, 0.2) is 68.1 Å². The van der Waals surface area contributed by atoms with Gasteiger partial charge in [-0.15, -0.1) is 0 Å². The van der Waals surface area contributed by atoms with Crippen LogP contribution in [-0.4, -0.2) is 60.8 Å². The molecule has 1 amide bonds. The van der Waals surface area contributed by atoms with Crippen LogP contribution < -0.4 is 15.8 Å². The van der Waals surface area contributed by atoms with Crippen LogP contribution in [0, 0.1) is 19.7 Å². The lowest BCUT2D eigenvalue weighted by molar-refractivity contribution is -0.139. The van der Waals surface area contributed by atoms with Crippen LogP contribution in [0.4, 0.5) is 4.39 Å². The van der Waals surface area contributed by atoms with Crippen molar-refractivity contribution >= 4 is 33.4 Å². The van der Waals surface area contributed by atoms with Crippen molar-refractivity contribution in [2.45, 2.75) is 50.3 Å². The highest BCUT2D eigenvalue weighted by molar-refractivity contribution is 7.89. The molecule has 1 aliphatic rings. The number of carboxylic acid groups (broad SMARTS) is 1. The van der Waals surface area contributed by atoms with E-state index in [1.54, 1.807) is 36.4 Å². The fourth-order valence-corrected chi connectivity index (χ4v) is 5.74. The van der Waals surface area contributed by atoms with Crippen molar-refractivity contribution in [3.8, 4) is 0 Å². The zero-order valence-corrected chi connectivity index (χ0v) is 23.5. The zero-order valence-electron chi connectivity index (χ0n) is 22.7. The second-order valence-electron chi connectivity index (χ2n) is 9.55. The number of nitrogens with one attached hydrogen (secondary N) is 2. The van der Waals surface area contributed by atoms with Crippen LogP contribution in [0.25, 0.3) is 0 Å². The van der Waals surface area contributed by atoms with E-state index in [4.69, 9.17) is 15.1 Å². The van der Waals surface area contributed by atoms with Gasteiger partial charge in [-0.3, -0.25) is 14.6 Å². The molecule has 13 nitrogen and oxygen atoms in total. The Morgan fingerprint density at radius 1 is 1.21 bits per heavy atom. The largest absolute Gasteiger partial charge is 0.480 e. The maximum absolute atomic E-state index is 13.4. The summed E-state index contributed by atoms with van der Waals surface area (Å²) in [5.74, 6) is -2.07. The molecule has 3 aromatic rings. The molecule has 5 N–H and O–H groups in total. The zero-order chi connectivity index (χ0) is 30.4. The molecule has 2 atom stereocenters. The van der Waals surface area contributed by atoms with Crippen molar-refractivity contribution in [1.82, 2.24) is 15.2 Å². The monoisotopic (exact) mass is 600 g/mol. The Bertz CT molecular complexity index is 1620. The van der Waals surface area contributed by atoms with Crippen LogP contribution in [0.5, 0.6) is 0 Å². The Balaban J connectivity index is 1.27. The topological polar surface area (TPSA) is 199 Å². The van der Waals surface area contributed by atoms with Gasteiger partial charge in [0.2, 0.25) is 15.9 Å². The molecule has 2 aromatic carbocycles. The van der Waals surface area contributed by atoms with Crippen LogP contribution in [0.2, 0.25) is 0 Å². The highest BCUT2D eigenvalue weighted by Gasteiger charge is 2.31. The van der Waals surface area contributed by atoms with Crippen molar-refractivity contribution < 1.29 is 36.9 Å². The summed E-state index contributed by atoms with van der Waals surface area (Å²) in [7, 11) is -4.27. The average molecular weight is 601 g/mol. The van der Waals surface area contributed by atoms with Crippen LogP contribution >= 0.6 is 0 Å². The van der Waals surface area contributed by atoms with Gasteiger partial charge >= 0.3 is 5.97 Å². The minimum atomic E-state index is -4.27. The maximum atomic E-state index is 13.4. The van der Waals surface area contributed by atoms with E-state index in [1.165, 1.54) is 26.0 Å². The number of aliphatic imine (C=N–C) groups is 1. The number of aromatic nitrogens is 1. The van der Waals surface area contributed by atoms with Gasteiger partial charge in [0.25, 0.3) is 0 Å². The molecular weight excluding hydrogens is 571 g/mol. The van der Waals surface area contributed by atoms with E-state index in [1.807, 2.05) is 0 Å². The van der Waals surface area contributed by atoms with Crippen LogP contribution in [0.3, 0.4) is 0 Å². The number of nitrogens with zero attached hydrogens (tertiary/aromatic N) is 3. The van der Waals surface area contributed by atoms with Crippen molar-refractivity contribution in [3.05, 3.63) is 82.5 Å². The lowest BCUT2D eigenvalue weighted by Crippen LogP contribution is -2.48. The third-order valence-corrected chi connectivity index (χ3v) is 8.03. The molecule has 0 fully saturated rings. The second-order valence-corrected chi connectivity index (χ2v) is 11.2. The molecule has 0 radical (unpaired) electrons. The molecule has 2 heterocycles. The summed E-state index contributed by atoms with van der Waals surface area (Å²) in [6.07, 6.45) is -0.412. The van der Waals surface area contributed by atoms with Gasteiger partial charge in [0.1, 0.15) is 34.4 Å². The molecule has 0 saturated carbocycles. The van der Waals surface area contributed by atoms with Gasteiger partial charge in [-0.2, -0.15) is 4.72 Å². The summed E-state index contributed by atoms with van der Waals surface area (Å²) < 4.78 is 45.6. The number of carbonyl (C=O) groups is 2. The molecule has 0 aliphatic carbocycles. The van der Waals surface area contributed by atoms with Crippen molar-refractivity contribution in [2.24, 2.45) is 15.9 Å². The fourth-order valence-electron chi connectivity index (χ4n) is 4.22. The van der Waals surface area contributed by atoms with Gasteiger partial charge in [0.05, 0.1) is 18.7 Å². The summed E-state index contributed by atoms with van der Waals surface area (Å²) in [5, 5.41) is 19.5. The maximum Gasteiger partial charge on any atom is 0.323 e. The predicted octanol–water partition coefficient (Wildman–Crippen LogP) is 1.77. The minimum Gasteiger partial charge on any atom is -0.480 e. The first kappa shape index (κ1) is 30.3. The lowest BCUT2D eigenvalue weighted by Gasteiger charge is -2.16. The number of amidine groups is 1. The molecule has 0 saturated heterocycles. The van der Waals surface area contributed by atoms with Gasteiger partial charge < -0.3 is 25.5 Å². The number of nitrogens with two attached hydrogens (primary N) is 1. The number of sulfonamides is 1. The highest BCUT2D eigenvalue weighted by atomic mass is 32.2. The van der Waals surface area contributed by atoms with Gasteiger partial charge in [0.15, 0.2) is 5.76 Å². The number of amides is 1. The average Bonchev–Trinajstić information content (AvgIpc) is 3.55. The lowest BCUT2D eigenvalue weighted by atomic mass is 10.0. The Kier molecular flexibility index (Phi) is 9.32. The van der Waals surface area contributed by atoms with E-state index in [9.17, 15) is 27.5 Å². The first-order valence-corrected chi connectivity index (χ1v) is 14.2. The molecule has 1 aliphatic heterocycles. The first-order chi connectivity index (χ1) is 19.9. The van der Waals surface area contributed by atoms with Gasteiger partial charge in [-0.25, -0.2) is 12.8 Å². The van der Waals surface area contributed by atoms with Crippen molar-refractivity contribution in [2.75, 3.05) is 6.54 Å². The van der Waals surface area contributed by atoms with Crippen LogP contribution in [-0.2, 0) is 31.0 Å². The Morgan fingerprint density at radius 2 is 1.95 bits per heavy atom. The Labute approximate surface area is 240 Å². The van der Waals surface area contributed by atoms with Crippen molar-refractivity contribution in [1.29, 1.82) is 0 Å². The number of hydrogen-bond donors (Lipinski definition) is 4. The minimum absolute atomic E-state index is 0.00877. The second kappa shape index (κ2) is 12.9. The summed E-state index contributed by atoms with van der Waals surface area (Å²) >= 11 is 0. The first-order valence-electron chi connectivity index (χ1n) is 12.8. The number of halogens is 1. The molecule has 15 heteroatoms. The molecule has 0 spiro atoms. The SMILES string of the molecule is Cc1noc(C)c1S(=O)(=O)N[C@@H](CNC(=O)C[C@H]1CC(c2ccc(C(N)=NCc3cccc(F)c3)cc2)=NO1)C(=O)O. The van der Waals surface area contributed by atoms with E-state index >= 15 is 0 Å². The quantitative estimate of drug-likeness (QED) is 0.177. The summed E-state index contributed by atoms with van der Waals surface area (Å²) in [5.41, 5.74) is 8.87. The smallest absolute Gasteiger partial charge is 0.323 e. The number of carbonyl (C=O) groups excluding carboxylic acids is 1. The number of aliphatic carboxylic acids is 1. The summed E-state index contributed by atoms with van der Waals surface area (Å²) in [6, 6.07) is 11.6. The number of rotatable bonds is 12. The fraction of sp³-hybridized carbons (Fsp3) is 0.296. The molecular formula is C27H29FN6O7S. The summed E-state index contributed by atoms with van der Waals surface area (Å²) in [6.45, 7) is 2.53. The number of benzene rings is 2. The molecule has 0 bridgehead atoms. The number of oxime groups is 1. The molecule has 0 unspecified atom stereocenters. The van der Waals surface area contributed by atoms with Crippen LogP contribution in [0.1, 0.15) is 41.0 Å². The van der Waals surface area contributed by atoms with Gasteiger partial charge in [-0.05, 0) is 37.1 Å². The number of aryl methyl sites for hydroxylation is 2. The standard InChI is InChI=1S/C27H29FN6O7S/c1-15-25(16(2)40-32-15)42(38,39)34-23(27(36)37)14-30-24(35)12-21-11-22(33-41-21)18-6-8-19(9-7-18)26(29)31-13-17-4-3-5-20(28)10-17/h3-10,21,23,34H,11-14H2,1-2H3,(H2,29,31)(H,30,35)(H,36,37)/t21-,23+/m1/s1. The third-order valence-electron chi connectivity index (χ3n) is 6.32. The van der Waals surface area contributed by atoms with Gasteiger partial charge in [0, 0.05) is 18.5 Å². The third kappa shape index (κ3) is 7.55. The Hall–Kier alpha value is -4.63. The predicted molar refractivity (Wildman–Crippen MR) is 149 cm³/mol. The number of hydrogen-bond acceptors (Lipinski definition) is 9.